The summed E-state index contributed by atoms with van der Waals surface area (Å²) in [5.74, 6) is -1.35. The molecule has 8 heteroatoms. The lowest BCUT2D eigenvalue weighted by molar-refractivity contribution is -0.142. The molecular formula is C10H19NO6S. The Kier molecular flexibility index (Phi) is 7.33. The molecule has 0 aliphatic carbocycles. The summed E-state index contributed by atoms with van der Waals surface area (Å²) in [6, 6.07) is -1.25. The first-order valence-corrected chi connectivity index (χ1v) is 7.55. The topological polar surface area (TPSA) is 98.8 Å². The highest BCUT2D eigenvalue weighted by atomic mass is 32.2. The van der Waals surface area contributed by atoms with Gasteiger partial charge in [-0.1, -0.05) is 13.3 Å². The number of hydrogen-bond acceptors (Lipinski definition) is 6. The monoisotopic (exact) mass is 281 g/mol. The molecule has 0 aromatic carbocycles. The van der Waals surface area contributed by atoms with E-state index in [1.54, 1.807) is 0 Å². The van der Waals surface area contributed by atoms with Gasteiger partial charge in [-0.25, -0.2) is 18.0 Å². The van der Waals surface area contributed by atoms with E-state index >= 15 is 0 Å². The van der Waals surface area contributed by atoms with Crippen molar-refractivity contribution in [1.29, 1.82) is 0 Å². The fourth-order valence-corrected chi connectivity index (χ4v) is 1.93. The molecule has 7 nitrogen and oxygen atoms in total. The quantitative estimate of drug-likeness (QED) is 0.525. The largest absolute Gasteiger partial charge is 0.467 e. The molecule has 106 valence electrons. The summed E-state index contributed by atoms with van der Waals surface area (Å²) in [4.78, 5) is 22.6. The Morgan fingerprint density at radius 1 is 1.33 bits per heavy atom. The molecule has 0 aliphatic rings. The molecule has 0 rings (SSSR count). The Bertz CT molecular complexity index is 378. The molecule has 1 N–H and O–H groups in total. The van der Waals surface area contributed by atoms with E-state index in [1.807, 2.05) is 6.92 Å². The van der Waals surface area contributed by atoms with Gasteiger partial charge in [-0.05, 0) is 6.42 Å². The number of rotatable bonds is 7. The first-order valence-electron chi connectivity index (χ1n) is 5.49. The third-order valence-electron chi connectivity index (χ3n) is 1.98. The summed E-state index contributed by atoms with van der Waals surface area (Å²) in [7, 11) is -2.31. The molecule has 0 aromatic rings. The Labute approximate surface area is 107 Å². The van der Waals surface area contributed by atoms with Gasteiger partial charge in [0.2, 0.25) is 0 Å². The van der Waals surface area contributed by atoms with E-state index in [-0.39, 0.29) is 6.61 Å². The van der Waals surface area contributed by atoms with E-state index in [1.165, 1.54) is 0 Å². The number of carbonyl (C=O) groups excluding carboxylic acids is 2. The second-order valence-electron chi connectivity index (χ2n) is 3.80. The summed E-state index contributed by atoms with van der Waals surface area (Å²) in [6.07, 6.45) is 1.69. The van der Waals surface area contributed by atoms with E-state index in [0.29, 0.717) is 6.42 Å². The van der Waals surface area contributed by atoms with Crippen LogP contribution in [0.5, 0.6) is 0 Å². The number of ether oxygens (including phenoxy) is 2. The smallest absolute Gasteiger partial charge is 0.407 e. The van der Waals surface area contributed by atoms with Crippen molar-refractivity contribution in [2.75, 3.05) is 25.7 Å². The number of hydrogen-bond donors (Lipinski definition) is 1. The van der Waals surface area contributed by atoms with E-state index < -0.39 is 33.7 Å². The van der Waals surface area contributed by atoms with Gasteiger partial charge in [-0.15, -0.1) is 0 Å². The second kappa shape index (κ2) is 7.91. The van der Waals surface area contributed by atoms with E-state index in [0.717, 1.165) is 19.8 Å². The number of methoxy groups -OCH3 is 1. The van der Waals surface area contributed by atoms with Gasteiger partial charge >= 0.3 is 12.1 Å². The van der Waals surface area contributed by atoms with E-state index in [4.69, 9.17) is 4.74 Å². The van der Waals surface area contributed by atoms with Crippen LogP contribution in [0.2, 0.25) is 0 Å². The lowest BCUT2D eigenvalue weighted by Gasteiger charge is -2.15. The molecule has 0 radical (unpaired) electrons. The van der Waals surface area contributed by atoms with Gasteiger partial charge in [0.15, 0.2) is 0 Å². The molecular weight excluding hydrogens is 262 g/mol. The van der Waals surface area contributed by atoms with Gasteiger partial charge in [0, 0.05) is 6.26 Å². The predicted molar refractivity (Wildman–Crippen MR) is 64.9 cm³/mol. The Morgan fingerprint density at radius 2 is 1.94 bits per heavy atom. The molecule has 0 saturated carbocycles. The number of nitrogens with one attached hydrogen (secondary N) is 1. The number of carbonyl (C=O) groups is 2. The van der Waals surface area contributed by atoms with E-state index in [2.05, 4.69) is 10.1 Å². The summed E-state index contributed by atoms with van der Waals surface area (Å²) in [5, 5.41) is 2.17. The highest BCUT2D eigenvalue weighted by Gasteiger charge is 2.26. The zero-order chi connectivity index (χ0) is 14.2. The van der Waals surface area contributed by atoms with Crippen molar-refractivity contribution in [2.45, 2.75) is 25.8 Å². The number of sulfone groups is 1. The van der Waals surface area contributed by atoms with Crippen molar-refractivity contribution >= 4 is 21.9 Å². The van der Waals surface area contributed by atoms with E-state index in [9.17, 15) is 18.0 Å². The molecule has 0 aromatic heterocycles. The maximum Gasteiger partial charge on any atom is 0.407 e. The maximum atomic E-state index is 11.3. The molecule has 0 fully saturated rings. The summed E-state index contributed by atoms with van der Waals surface area (Å²) >= 11 is 0. The molecule has 1 amide bonds. The summed E-state index contributed by atoms with van der Waals surface area (Å²) < 4.78 is 31.4. The number of alkyl carbamates (subject to hydrolysis) is 1. The number of amides is 1. The zero-order valence-corrected chi connectivity index (χ0v) is 11.6. The third-order valence-corrected chi connectivity index (χ3v) is 2.92. The standard InChI is InChI=1S/C10H19NO6S/c1-4-5-6-17-10(13)11-8(9(12)16-2)7-18(3,14)15/h8H,4-7H2,1-3H3,(H,11,13). The van der Waals surface area contributed by atoms with Crippen molar-refractivity contribution in [1.82, 2.24) is 5.32 Å². The summed E-state index contributed by atoms with van der Waals surface area (Å²) in [5.41, 5.74) is 0. The van der Waals surface area contributed by atoms with Crippen LogP contribution in [0.25, 0.3) is 0 Å². The van der Waals surface area contributed by atoms with Gasteiger partial charge < -0.3 is 14.8 Å². The molecule has 0 heterocycles. The van der Waals surface area contributed by atoms with Crippen LogP contribution in [0.4, 0.5) is 4.79 Å². The van der Waals surface area contributed by atoms with Crippen molar-refractivity contribution < 1.29 is 27.5 Å². The predicted octanol–water partition coefficient (Wildman–Crippen LogP) is 0.0989. The minimum absolute atomic E-state index is 0.217. The average molecular weight is 281 g/mol. The fraction of sp³-hybridized carbons (Fsp3) is 0.800. The van der Waals surface area contributed by atoms with Crippen molar-refractivity contribution in [3.8, 4) is 0 Å². The van der Waals surface area contributed by atoms with Crippen LogP contribution in [-0.4, -0.2) is 52.2 Å². The first-order chi connectivity index (χ1) is 8.30. The molecule has 0 saturated heterocycles. The molecule has 1 atom stereocenters. The van der Waals surface area contributed by atoms with Crippen LogP contribution in [0.1, 0.15) is 19.8 Å². The van der Waals surface area contributed by atoms with Crippen molar-refractivity contribution in [2.24, 2.45) is 0 Å². The highest BCUT2D eigenvalue weighted by Crippen LogP contribution is 1.96. The number of unbranched alkanes of at least 4 members (excludes halogenated alkanes) is 1. The number of esters is 1. The molecule has 1 unspecified atom stereocenters. The van der Waals surface area contributed by atoms with Crippen LogP contribution in [0.3, 0.4) is 0 Å². The minimum Gasteiger partial charge on any atom is -0.467 e. The molecule has 0 spiro atoms. The van der Waals surface area contributed by atoms with Crippen molar-refractivity contribution in [3.05, 3.63) is 0 Å². The Balaban J connectivity index is 4.41. The zero-order valence-electron chi connectivity index (χ0n) is 10.8. The Morgan fingerprint density at radius 3 is 2.39 bits per heavy atom. The maximum absolute atomic E-state index is 11.3. The molecule has 0 bridgehead atoms. The van der Waals surface area contributed by atoms with Gasteiger partial charge in [0.25, 0.3) is 0 Å². The van der Waals surface area contributed by atoms with Gasteiger partial charge in [0.1, 0.15) is 15.9 Å². The van der Waals surface area contributed by atoms with Crippen LogP contribution >= 0.6 is 0 Å². The lowest BCUT2D eigenvalue weighted by atomic mass is 10.3. The SMILES string of the molecule is CCCCOC(=O)NC(CS(C)(=O)=O)C(=O)OC. The Hall–Kier alpha value is -1.31. The van der Waals surface area contributed by atoms with Gasteiger partial charge in [-0.2, -0.15) is 0 Å². The van der Waals surface area contributed by atoms with Crippen LogP contribution < -0.4 is 5.32 Å². The van der Waals surface area contributed by atoms with Crippen LogP contribution in [0, 0.1) is 0 Å². The first kappa shape index (κ1) is 16.7. The average Bonchev–Trinajstić information content (AvgIpc) is 2.25. The summed E-state index contributed by atoms with van der Waals surface area (Å²) in [6.45, 7) is 2.15. The highest BCUT2D eigenvalue weighted by molar-refractivity contribution is 7.90. The van der Waals surface area contributed by atoms with Crippen molar-refractivity contribution in [3.63, 3.8) is 0 Å². The van der Waals surface area contributed by atoms with Gasteiger partial charge in [-0.3, -0.25) is 0 Å². The minimum atomic E-state index is -3.42. The fourth-order valence-electron chi connectivity index (χ4n) is 1.11. The molecule has 0 aliphatic heterocycles. The second-order valence-corrected chi connectivity index (χ2v) is 5.99. The lowest BCUT2D eigenvalue weighted by Crippen LogP contribution is -2.46. The van der Waals surface area contributed by atoms with Crippen LogP contribution in [-0.2, 0) is 24.1 Å². The normalized spacial score (nSPS) is 12.6. The van der Waals surface area contributed by atoms with Gasteiger partial charge in [0.05, 0.1) is 19.5 Å². The third kappa shape index (κ3) is 7.88. The molecule has 18 heavy (non-hydrogen) atoms. The van der Waals surface area contributed by atoms with Crippen LogP contribution in [0.15, 0.2) is 0 Å².